The van der Waals surface area contributed by atoms with Crippen molar-refractivity contribution in [1.82, 2.24) is 4.90 Å². The Hall–Kier alpha value is -2.20. The van der Waals surface area contributed by atoms with Crippen LogP contribution >= 0.6 is 11.6 Å². The third-order valence-electron chi connectivity index (χ3n) is 4.34. The van der Waals surface area contributed by atoms with Gasteiger partial charge in [-0.25, -0.2) is 4.79 Å². The largest absolute Gasteiger partial charge is 0.495 e. The number of benzene rings is 2. The SMILES string of the molecule is COc1ccc(Cl)cc1NC(=O)N1CCC(Cc2ccccc2)C1. The van der Waals surface area contributed by atoms with Crippen molar-refractivity contribution in [3.05, 3.63) is 59.1 Å². The summed E-state index contributed by atoms with van der Waals surface area (Å²) in [6.45, 7) is 1.54. The highest BCUT2D eigenvalue weighted by molar-refractivity contribution is 6.31. The molecule has 2 aromatic carbocycles. The van der Waals surface area contributed by atoms with Gasteiger partial charge < -0.3 is 15.0 Å². The first kappa shape index (κ1) is 16.7. The van der Waals surface area contributed by atoms with Gasteiger partial charge in [0, 0.05) is 18.1 Å². The lowest BCUT2D eigenvalue weighted by Crippen LogP contribution is -2.33. The fourth-order valence-electron chi connectivity index (χ4n) is 3.10. The number of carbonyl (C=O) groups is 1. The zero-order chi connectivity index (χ0) is 16.9. The molecule has 1 aliphatic heterocycles. The highest BCUT2D eigenvalue weighted by Crippen LogP contribution is 2.29. The number of carbonyl (C=O) groups excluding carboxylic acids is 1. The lowest BCUT2D eigenvalue weighted by atomic mass is 9.99. The minimum Gasteiger partial charge on any atom is -0.495 e. The van der Waals surface area contributed by atoms with E-state index in [4.69, 9.17) is 16.3 Å². The molecule has 5 heteroatoms. The molecule has 24 heavy (non-hydrogen) atoms. The summed E-state index contributed by atoms with van der Waals surface area (Å²) in [5, 5.41) is 3.47. The Kier molecular flexibility index (Phi) is 5.26. The summed E-state index contributed by atoms with van der Waals surface area (Å²) in [6.07, 6.45) is 2.03. The van der Waals surface area contributed by atoms with Gasteiger partial charge in [-0.3, -0.25) is 0 Å². The number of halogens is 1. The van der Waals surface area contributed by atoms with E-state index in [1.807, 2.05) is 11.0 Å². The van der Waals surface area contributed by atoms with E-state index in [0.29, 0.717) is 22.4 Å². The molecule has 126 valence electrons. The van der Waals surface area contributed by atoms with Gasteiger partial charge in [-0.05, 0) is 42.5 Å². The third-order valence-corrected chi connectivity index (χ3v) is 4.58. The maximum absolute atomic E-state index is 12.5. The van der Waals surface area contributed by atoms with Gasteiger partial charge in [0.2, 0.25) is 0 Å². The van der Waals surface area contributed by atoms with E-state index in [9.17, 15) is 4.79 Å². The van der Waals surface area contributed by atoms with Crippen LogP contribution in [-0.4, -0.2) is 31.1 Å². The molecule has 1 fully saturated rings. The molecular formula is C19H21ClN2O2. The van der Waals surface area contributed by atoms with Crippen LogP contribution in [0.1, 0.15) is 12.0 Å². The van der Waals surface area contributed by atoms with Crippen LogP contribution in [0.15, 0.2) is 48.5 Å². The number of methoxy groups -OCH3 is 1. The first-order valence-electron chi connectivity index (χ1n) is 8.09. The quantitative estimate of drug-likeness (QED) is 0.890. The standard InChI is InChI=1S/C19H21ClN2O2/c1-24-18-8-7-16(20)12-17(18)21-19(23)22-10-9-15(13-22)11-14-5-3-2-4-6-14/h2-8,12,15H,9-11,13H2,1H3,(H,21,23). The van der Waals surface area contributed by atoms with Crippen LogP contribution in [0.4, 0.5) is 10.5 Å². The van der Waals surface area contributed by atoms with Crippen LogP contribution in [0, 0.1) is 5.92 Å². The molecule has 3 rings (SSSR count). The second kappa shape index (κ2) is 7.58. The highest BCUT2D eigenvalue weighted by Gasteiger charge is 2.26. The Bertz CT molecular complexity index is 706. The molecule has 0 aromatic heterocycles. The predicted octanol–water partition coefficient (Wildman–Crippen LogP) is 4.45. The molecule has 2 aromatic rings. The predicted molar refractivity (Wildman–Crippen MR) is 96.8 cm³/mol. The second-order valence-corrected chi connectivity index (χ2v) is 6.50. The van der Waals surface area contributed by atoms with Crippen molar-refractivity contribution >= 4 is 23.3 Å². The zero-order valence-corrected chi connectivity index (χ0v) is 14.4. The average molecular weight is 345 g/mol. The first-order chi connectivity index (χ1) is 11.7. The van der Waals surface area contributed by atoms with Gasteiger partial charge in [-0.2, -0.15) is 0 Å². The van der Waals surface area contributed by atoms with E-state index in [-0.39, 0.29) is 6.03 Å². The maximum Gasteiger partial charge on any atom is 0.321 e. The normalized spacial score (nSPS) is 16.9. The molecule has 0 bridgehead atoms. The topological polar surface area (TPSA) is 41.6 Å². The van der Waals surface area contributed by atoms with Gasteiger partial charge in [0.05, 0.1) is 12.8 Å². The number of ether oxygens (including phenoxy) is 1. The van der Waals surface area contributed by atoms with Gasteiger partial charge in [0.25, 0.3) is 0 Å². The fourth-order valence-corrected chi connectivity index (χ4v) is 3.28. The Morgan fingerprint density at radius 1 is 1.29 bits per heavy atom. The lowest BCUT2D eigenvalue weighted by Gasteiger charge is -2.19. The minimum atomic E-state index is -0.105. The summed E-state index contributed by atoms with van der Waals surface area (Å²) < 4.78 is 5.27. The van der Waals surface area contributed by atoms with Gasteiger partial charge in [0.15, 0.2) is 0 Å². The van der Waals surface area contributed by atoms with Gasteiger partial charge in [-0.15, -0.1) is 0 Å². The van der Waals surface area contributed by atoms with Crippen molar-refractivity contribution in [3.63, 3.8) is 0 Å². The van der Waals surface area contributed by atoms with Crippen molar-refractivity contribution in [2.75, 3.05) is 25.5 Å². The molecule has 2 amide bonds. The molecule has 0 aliphatic carbocycles. The van der Waals surface area contributed by atoms with E-state index in [1.165, 1.54) is 5.56 Å². The van der Waals surface area contributed by atoms with Crippen molar-refractivity contribution in [2.24, 2.45) is 5.92 Å². The summed E-state index contributed by atoms with van der Waals surface area (Å²) in [7, 11) is 1.57. The van der Waals surface area contributed by atoms with E-state index in [2.05, 4.69) is 29.6 Å². The van der Waals surface area contributed by atoms with Crippen molar-refractivity contribution in [3.8, 4) is 5.75 Å². The van der Waals surface area contributed by atoms with Crippen LogP contribution in [-0.2, 0) is 6.42 Å². The number of urea groups is 1. The number of anilines is 1. The van der Waals surface area contributed by atoms with E-state index >= 15 is 0 Å². The van der Waals surface area contributed by atoms with E-state index in [0.717, 1.165) is 25.9 Å². The third kappa shape index (κ3) is 4.01. The monoisotopic (exact) mass is 344 g/mol. The number of rotatable bonds is 4. The zero-order valence-electron chi connectivity index (χ0n) is 13.7. The Morgan fingerprint density at radius 2 is 2.08 bits per heavy atom. The van der Waals surface area contributed by atoms with Crippen LogP contribution in [0.5, 0.6) is 5.75 Å². The number of hydrogen-bond acceptors (Lipinski definition) is 2. The van der Waals surface area contributed by atoms with Gasteiger partial charge >= 0.3 is 6.03 Å². The van der Waals surface area contributed by atoms with Crippen LogP contribution in [0.25, 0.3) is 0 Å². The molecule has 1 atom stereocenters. The van der Waals surface area contributed by atoms with Crippen LogP contribution < -0.4 is 10.1 Å². The summed E-state index contributed by atoms with van der Waals surface area (Å²) in [5.41, 5.74) is 1.92. The molecular weight excluding hydrogens is 324 g/mol. The van der Waals surface area contributed by atoms with Crippen LogP contribution in [0.2, 0.25) is 5.02 Å². The molecule has 0 spiro atoms. The molecule has 0 saturated carbocycles. The molecule has 1 N–H and O–H groups in total. The highest BCUT2D eigenvalue weighted by atomic mass is 35.5. The molecule has 4 nitrogen and oxygen atoms in total. The number of amides is 2. The van der Waals surface area contributed by atoms with E-state index in [1.54, 1.807) is 25.3 Å². The summed E-state index contributed by atoms with van der Waals surface area (Å²) in [6, 6.07) is 15.5. The summed E-state index contributed by atoms with van der Waals surface area (Å²) in [4.78, 5) is 14.4. The molecule has 1 aliphatic rings. The number of nitrogens with zero attached hydrogens (tertiary/aromatic N) is 1. The van der Waals surface area contributed by atoms with Gasteiger partial charge in [0.1, 0.15) is 5.75 Å². The Balaban J connectivity index is 1.60. The number of likely N-dealkylation sites (tertiary alicyclic amines) is 1. The van der Waals surface area contributed by atoms with Gasteiger partial charge in [-0.1, -0.05) is 41.9 Å². The molecule has 1 saturated heterocycles. The van der Waals surface area contributed by atoms with E-state index < -0.39 is 0 Å². The molecule has 0 radical (unpaired) electrons. The smallest absolute Gasteiger partial charge is 0.321 e. The summed E-state index contributed by atoms with van der Waals surface area (Å²) >= 11 is 6.01. The van der Waals surface area contributed by atoms with Crippen LogP contribution in [0.3, 0.4) is 0 Å². The second-order valence-electron chi connectivity index (χ2n) is 6.07. The van der Waals surface area contributed by atoms with Crippen molar-refractivity contribution in [2.45, 2.75) is 12.8 Å². The Labute approximate surface area is 147 Å². The first-order valence-corrected chi connectivity index (χ1v) is 8.47. The summed E-state index contributed by atoms with van der Waals surface area (Å²) in [5.74, 6) is 1.10. The number of nitrogens with one attached hydrogen (secondary N) is 1. The number of hydrogen-bond donors (Lipinski definition) is 1. The molecule has 1 heterocycles. The average Bonchev–Trinajstić information content (AvgIpc) is 3.05. The fraction of sp³-hybridized carbons (Fsp3) is 0.316. The van der Waals surface area contributed by atoms with Crippen molar-refractivity contribution < 1.29 is 9.53 Å². The Morgan fingerprint density at radius 3 is 2.83 bits per heavy atom. The minimum absolute atomic E-state index is 0.105. The molecule has 1 unspecified atom stereocenters. The maximum atomic E-state index is 12.5. The van der Waals surface area contributed by atoms with Crippen molar-refractivity contribution in [1.29, 1.82) is 0 Å². The lowest BCUT2D eigenvalue weighted by molar-refractivity contribution is 0.220.